The van der Waals surface area contributed by atoms with Gasteiger partial charge in [0.05, 0.1) is 24.5 Å². The summed E-state index contributed by atoms with van der Waals surface area (Å²) in [5, 5.41) is 6.86. The Morgan fingerprint density at radius 2 is 2.07 bits per heavy atom. The number of ether oxygens (including phenoxy) is 1. The summed E-state index contributed by atoms with van der Waals surface area (Å²) in [5.41, 5.74) is 3.44. The second-order valence-corrected chi connectivity index (χ2v) is 7.49. The predicted octanol–water partition coefficient (Wildman–Crippen LogP) is 3.56. The van der Waals surface area contributed by atoms with E-state index in [9.17, 15) is 4.79 Å². The van der Waals surface area contributed by atoms with Crippen LogP contribution in [0.15, 0.2) is 60.9 Å². The van der Waals surface area contributed by atoms with Gasteiger partial charge in [0.1, 0.15) is 11.8 Å². The first-order valence-electron chi connectivity index (χ1n) is 9.57. The van der Waals surface area contributed by atoms with Crippen LogP contribution in [0.2, 0.25) is 0 Å². The molecule has 0 spiro atoms. The molecule has 1 amide bonds. The van der Waals surface area contributed by atoms with Crippen LogP contribution in [0.1, 0.15) is 30.4 Å². The molecule has 8 heteroatoms. The van der Waals surface area contributed by atoms with E-state index >= 15 is 0 Å². The van der Waals surface area contributed by atoms with E-state index in [1.165, 1.54) is 6.92 Å². The number of hydrogen-bond donors (Lipinski definition) is 2. The van der Waals surface area contributed by atoms with E-state index in [4.69, 9.17) is 17.0 Å². The number of aromatic nitrogens is 2. The fourth-order valence-corrected chi connectivity index (χ4v) is 4.19. The number of hydrogen-bond acceptors (Lipinski definition) is 4. The summed E-state index contributed by atoms with van der Waals surface area (Å²) in [4.78, 5) is 18.3. The number of rotatable bonds is 5. The third-order valence-corrected chi connectivity index (χ3v) is 5.47. The van der Waals surface area contributed by atoms with Crippen molar-refractivity contribution in [2.45, 2.75) is 19.0 Å². The average molecular weight is 422 g/mol. The van der Waals surface area contributed by atoms with Crippen molar-refractivity contribution in [3.05, 3.63) is 72.3 Å². The maximum absolute atomic E-state index is 11.7. The summed E-state index contributed by atoms with van der Waals surface area (Å²) in [6, 6.07) is 15.4. The highest BCUT2D eigenvalue weighted by atomic mass is 32.1. The molecule has 0 saturated carbocycles. The number of pyridine rings is 1. The number of anilines is 2. The summed E-state index contributed by atoms with van der Waals surface area (Å²) in [6.07, 6.45) is 3.80. The zero-order valence-corrected chi connectivity index (χ0v) is 17.8. The van der Waals surface area contributed by atoms with Crippen molar-refractivity contribution in [1.82, 2.24) is 14.9 Å². The molecule has 0 radical (unpaired) electrons. The summed E-state index contributed by atoms with van der Waals surface area (Å²) in [5.74, 6) is 0.418. The molecule has 3 aromatic rings. The molecule has 1 aromatic carbocycles. The molecule has 4 rings (SSSR count). The van der Waals surface area contributed by atoms with Gasteiger partial charge in [0, 0.05) is 37.7 Å². The van der Waals surface area contributed by atoms with Crippen LogP contribution in [-0.2, 0) is 11.8 Å². The number of thiocarbonyl (C=S) groups is 1. The second kappa shape index (κ2) is 8.16. The monoisotopic (exact) mass is 421 g/mol. The highest BCUT2D eigenvalue weighted by Crippen LogP contribution is 2.43. The van der Waals surface area contributed by atoms with E-state index in [1.54, 1.807) is 13.3 Å². The number of nitrogens with zero attached hydrogens (tertiary/aromatic N) is 3. The molecule has 2 N–H and O–H groups in total. The number of benzene rings is 1. The number of aryl methyl sites for hydroxylation is 1. The van der Waals surface area contributed by atoms with Crippen molar-refractivity contribution in [3.63, 3.8) is 0 Å². The van der Waals surface area contributed by atoms with Crippen LogP contribution in [0.4, 0.5) is 11.4 Å². The fourth-order valence-electron chi connectivity index (χ4n) is 3.85. The number of carbonyl (C=O) groups is 1. The summed E-state index contributed by atoms with van der Waals surface area (Å²) >= 11 is 5.75. The van der Waals surface area contributed by atoms with Gasteiger partial charge in [-0.05, 0) is 54.7 Å². The SMILES string of the molecule is COc1ccc(N2C(=S)N[C@@H](c3ccccn3)[C@H]2c2cccn2C)cc1NC(C)=O. The zero-order valence-electron chi connectivity index (χ0n) is 17.0. The fraction of sp³-hybridized carbons (Fsp3) is 0.227. The van der Waals surface area contributed by atoms with Crippen molar-refractivity contribution in [1.29, 1.82) is 0 Å². The molecule has 7 nitrogen and oxygen atoms in total. The lowest BCUT2D eigenvalue weighted by atomic mass is 10.0. The van der Waals surface area contributed by atoms with Crippen LogP contribution in [0.3, 0.4) is 0 Å². The first-order chi connectivity index (χ1) is 14.5. The summed E-state index contributed by atoms with van der Waals surface area (Å²) in [6.45, 7) is 1.47. The highest BCUT2D eigenvalue weighted by Gasteiger charge is 2.41. The zero-order chi connectivity index (χ0) is 21.3. The maximum Gasteiger partial charge on any atom is 0.221 e. The topological polar surface area (TPSA) is 71.4 Å². The molecule has 0 unspecified atom stereocenters. The first kappa shape index (κ1) is 19.9. The van der Waals surface area contributed by atoms with E-state index in [-0.39, 0.29) is 18.0 Å². The van der Waals surface area contributed by atoms with Gasteiger partial charge in [0.2, 0.25) is 5.91 Å². The Kier molecular flexibility index (Phi) is 5.41. The van der Waals surface area contributed by atoms with Gasteiger partial charge in [-0.1, -0.05) is 6.07 Å². The summed E-state index contributed by atoms with van der Waals surface area (Å²) < 4.78 is 7.49. The number of carbonyl (C=O) groups excluding carboxylic acids is 1. The van der Waals surface area contributed by atoms with Gasteiger partial charge in [-0.25, -0.2) is 0 Å². The standard InChI is InChI=1S/C22H23N5O2S/c1-14(28)24-17-13-15(9-10-19(17)29-3)27-21(18-8-6-12-26(18)2)20(25-22(27)30)16-7-4-5-11-23-16/h4-13,20-21H,1-3H3,(H,24,28)(H,25,30)/t20-,21+/m0/s1. The Hall–Kier alpha value is -3.39. The normalized spacial score (nSPS) is 18.2. The minimum atomic E-state index is -0.169. The molecule has 3 heterocycles. The molecule has 2 aromatic heterocycles. The number of amides is 1. The Balaban J connectivity index is 1.82. The van der Waals surface area contributed by atoms with E-state index < -0.39 is 0 Å². The highest BCUT2D eigenvalue weighted by molar-refractivity contribution is 7.80. The Bertz CT molecular complexity index is 1080. The lowest BCUT2D eigenvalue weighted by Gasteiger charge is -2.29. The maximum atomic E-state index is 11.7. The predicted molar refractivity (Wildman–Crippen MR) is 121 cm³/mol. The number of nitrogens with one attached hydrogen (secondary N) is 2. The van der Waals surface area contributed by atoms with Crippen LogP contribution in [-0.4, -0.2) is 27.7 Å². The molecule has 1 aliphatic rings. The van der Waals surface area contributed by atoms with Gasteiger partial charge in [0.15, 0.2) is 5.11 Å². The van der Waals surface area contributed by atoms with Crippen LogP contribution >= 0.6 is 12.2 Å². The van der Waals surface area contributed by atoms with Crippen molar-refractivity contribution < 1.29 is 9.53 Å². The van der Waals surface area contributed by atoms with Gasteiger partial charge < -0.3 is 24.8 Å². The number of methoxy groups -OCH3 is 1. The third kappa shape index (κ3) is 3.61. The lowest BCUT2D eigenvalue weighted by molar-refractivity contribution is -0.114. The molecular formula is C22H23N5O2S. The largest absolute Gasteiger partial charge is 0.495 e. The summed E-state index contributed by atoms with van der Waals surface area (Å²) in [7, 11) is 3.59. The van der Waals surface area contributed by atoms with E-state index in [1.807, 2.05) is 55.7 Å². The minimum Gasteiger partial charge on any atom is -0.495 e. The molecule has 1 fully saturated rings. The van der Waals surface area contributed by atoms with Crippen LogP contribution in [0, 0.1) is 0 Å². The molecule has 2 atom stereocenters. The lowest BCUT2D eigenvalue weighted by Crippen LogP contribution is -2.30. The molecule has 30 heavy (non-hydrogen) atoms. The first-order valence-corrected chi connectivity index (χ1v) is 9.98. The van der Waals surface area contributed by atoms with E-state index in [2.05, 4.69) is 31.2 Å². The average Bonchev–Trinajstić information content (AvgIpc) is 3.30. The van der Waals surface area contributed by atoms with Crippen molar-refractivity contribution in [2.24, 2.45) is 7.05 Å². The smallest absolute Gasteiger partial charge is 0.221 e. The second-order valence-electron chi connectivity index (χ2n) is 7.11. The van der Waals surface area contributed by atoms with Crippen LogP contribution in [0.25, 0.3) is 0 Å². The molecule has 154 valence electrons. The van der Waals surface area contributed by atoms with Crippen LogP contribution in [0.5, 0.6) is 5.75 Å². The Labute approximate surface area is 180 Å². The van der Waals surface area contributed by atoms with E-state index in [0.717, 1.165) is 17.1 Å². The minimum absolute atomic E-state index is 0.119. The van der Waals surface area contributed by atoms with Crippen molar-refractivity contribution in [3.8, 4) is 5.75 Å². The third-order valence-electron chi connectivity index (χ3n) is 5.16. The van der Waals surface area contributed by atoms with Gasteiger partial charge in [0.25, 0.3) is 0 Å². The molecule has 0 aliphatic carbocycles. The van der Waals surface area contributed by atoms with Gasteiger partial charge in [-0.3, -0.25) is 9.78 Å². The van der Waals surface area contributed by atoms with Gasteiger partial charge in [-0.2, -0.15) is 0 Å². The quantitative estimate of drug-likeness (QED) is 0.614. The molecule has 1 aliphatic heterocycles. The van der Waals surface area contributed by atoms with Crippen molar-refractivity contribution in [2.75, 3.05) is 17.3 Å². The molecular weight excluding hydrogens is 398 g/mol. The Morgan fingerprint density at radius 1 is 1.23 bits per heavy atom. The Morgan fingerprint density at radius 3 is 2.70 bits per heavy atom. The molecule has 1 saturated heterocycles. The van der Waals surface area contributed by atoms with E-state index in [0.29, 0.717) is 16.5 Å². The van der Waals surface area contributed by atoms with Crippen LogP contribution < -0.4 is 20.3 Å². The van der Waals surface area contributed by atoms with Gasteiger partial charge >= 0.3 is 0 Å². The van der Waals surface area contributed by atoms with Gasteiger partial charge in [-0.15, -0.1) is 0 Å². The van der Waals surface area contributed by atoms with Crippen molar-refractivity contribution >= 4 is 34.6 Å². The molecule has 0 bridgehead atoms.